The lowest BCUT2D eigenvalue weighted by Gasteiger charge is -2.36. The van der Waals surface area contributed by atoms with Gasteiger partial charge in [0.15, 0.2) is 0 Å². The van der Waals surface area contributed by atoms with Crippen molar-refractivity contribution in [2.45, 2.75) is 44.3 Å². The van der Waals surface area contributed by atoms with Gasteiger partial charge in [0.1, 0.15) is 5.75 Å². The van der Waals surface area contributed by atoms with E-state index in [2.05, 4.69) is 0 Å². The van der Waals surface area contributed by atoms with Crippen LogP contribution in [-0.4, -0.2) is 25.4 Å². The van der Waals surface area contributed by atoms with E-state index in [1.54, 1.807) is 14.2 Å². The number of rotatable bonds is 3. The second kappa shape index (κ2) is 5.29. The predicted octanol–water partition coefficient (Wildman–Crippen LogP) is 2.78. The molecule has 18 heavy (non-hydrogen) atoms. The lowest BCUT2D eigenvalue weighted by molar-refractivity contribution is -0.0478. The Bertz CT molecular complexity index is 406. The third-order valence-corrected chi connectivity index (χ3v) is 4.03. The summed E-state index contributed by atoms with van der Waals surface area (Å²) < 4.78 is 10.6. The number of benzene rings is 1. The molecule has 0 heterocycles. The van der Waals surface area contributed by atoms with Crippen molar-refractivity contribution in [3.63, 3.8) is 0 Å². The molecule has 0 bridgehead atoms. The van der Waals surface area contributed by atoms with Gasteiger partial charge in [-0.05, 0) is 55.9 Å². The topological polar surface area (TPSA) is 38.7 Å². The van der Waals surface area contributed by atoms with E-state index in [0.717, 1.165) is 42.6 Å². The molecular formula is C15H22O3. The molecule has 1 aliphatic carbocycles. The molecule has 1 N–H and O–H groups in total. The van der Waals surface area contributed by atoms with Crippen LogP contribution in [0.3, 0.4) is 0 Å². The molecule has 100 valence electrons. The van der Waals surface area contributed by atoms with Gasteiger partial charge in [-0.2, -0.15) is 0 Å². The van der Waals surface area contributed by atoms with Crippen LogP contribution in [0.2, 0.25) is 0 Å². The van der Waals surface area contributed by atoms with Gasteiger partial charge >= 0.3 is 0 Å². The molecule has 0 unspecified atom stereocenters. The van der Waals surface area contributed by atoms with Gasteiger partial charge < -0.3 is 14.6 Å². The Balaban J connectivity index is 2.20. The molecule has 1 fully saturated rings. The van der Waals surface area contributed by atoms with Crippen molar-refractivity contribution in [3.8, 4) is 5.75 Å². The molecule has 3 heteroatoms. The molecule has 0 amide bonds. The number of ether oxygens (including phenoxy) is 2. The van der Waals surface area contributed by atoms with Gasteiger partial charge in [-0.3, -0.25) is 0 Å². The maximum absolute atomic E-state index is 10.8. The minimum atomic E-state index is -0.703. The molecule has 0 radical (unpaired) electrons. The molecule has 2 rings (SSSR count). The van der Waals surface area contributed by atoms with Crippen LogP contribution in [0.1, 0.15) is 36.8 Å². The van der Waals surface area contributed by atoms with Crippen LogP contribution in [0.25, 0.3) is 0 Å². The number of methoxy groups -OCH3 is 2. The lowest BCUT2D eigenvalue weighted by atomic mass is 9.77. The number of hydrogen-bond donors (Lipinski definition) is 1. The Labute approximate surface area is 109 Å². The molecule has 0 saturated heterocycles. The van der Waals surface area contributed by atoms with Crippen LogP contribution in [0.15, 0.2) is 18.2 Å². The second-order valence-electron chi connectivity index (χ2n) is 5.15. The molecule has 0 atom stereocenters. The van der Waals surface area contributed by atoms with Crippen molar-refractivity contribution in [2.75, 3.05) is 14.2 Å². The van der Waals surface area contributed by atoms with Crippen LogP contribution in [-0.2, 0) is 10.3 Å². The average Bonchev–Trinajstić information content (AvgIpc) is 2.39. The Morgan fingerprint density at radius 3 is 2.39 bits per heavy atom. The van der Waals surface area contributed by atoms with Gasteiger partial charge in [-0.15, -0.1) is 0 Å². The summed E-state index contributed by atoms with van der Waals surface area (Å²) in [4.78, 5) is 0. The SMILES string of the molecule is COc1ccc(C2(O)CCC(OC)CC2)c(C)c1. The van der Waals surface area contributed by atoms with Gasteiger partial charge in [-0.25, -0.2) is 0 Å². The van der Waals surface area contributed by atoms with E-state index in [1.807, 2.05) is 25.1 Å². The van der Waals surface area contributed by atoms with E-state index in [1.165, 1.54) is 0 Å². The van der Waals surface area contributed by atoms with E-state index in [-0.39, 0.29) is 0 Å². The van der Waals surface area contributed by atoms with Crippen LogP contribution in [0.4, 0.5) is 0 Å². The summed E-state index contributed by atoms with van der Waals surface area (Å²) in [5.41, 5.74) is 1.41. The molecule has 1 saturated carbocycles. The monoisotopic (exact) mass is 250 g/mol. The molecule has 3 nitrogen and oxygen atoms in total. The van der Waals surface area contributed by atoms with Crippen LogP contribution in [0, 0.1) is 6.92 Å². The molecule has 0 spiro atoms. The third kappa shape index (κ3) is 2.52. The average molecular weight is 250 g/mol. The normalized spacial score (nSPS) is 28.1. The Morgan fingerprint density at radius 1 is 1.22 bits per heavy atom. The first-order valence-electron chi connectivity index (χ1n) is 6.49. The van der Waals surface area contributed by atoms with Gasteiger partial charge in [-0.1, -0.05) is 6.07 Å². The third-order valence-electron chi connectivity index (χ3n) is 4.03. The Morgan fingerprint density at radius 2 is 1.89 bits per heavy atom. The van der Waals surface area contributed by atoms with Gasteiger partial charge in [0.25, 0.3) is 0 Å². The molecule has 1 aromatic rings. The highest BCUT2D eigenvalue weighted by atomic mass is 16.5. The van der Waals surface area contributed by atoms with E-state index in [0.29, 0.717) is 6.10 Å². The highest BCUT2D eigenvalue weighted by molar-refractivity contribution is 5.38. The summed E-state index contributed by atoms with van der Waals surface area (Å²) in [6.07, 6.45) is 3.65. The van der Waals surface area contributed by atoms with Crippen molar-refractivity contribution in [1.29, 1.82) is 0 Å². The standard InChI is InChI=1S/C15H22O3/c1-11-10-13(18-3)4-5-14(11)15(16)8-6-12(17-2)7-9-15/h4-5,10,12,16H,6-9H2,1-3H3. The van der Waals surface area contributed by atoms with E-state index < -0.39 is 5.60 Å². The Kier molecular flexibility index (Phi) is 3.93. The summed E-state index contributed by atoms with van der Waals surface area (Å²) in [6.45, 7) is 2.03. The molecule has 0 aliphatic heterocycles. The maximum atomic E-state index is 10.8. The smallest absolute Gasteiger partial charge is 0.119 e. The largest absolute Gasteiger partial charge is 0.497 e. The zero-order chi connectivity index (χ0) is 13.2. The molecular weight excluding hydrogens is 228 g/mol. The van der Waals surface area contributed by atoms with Gasteiger partial charge in [0, 0.05) is 7.11 Å². The number of hydrogen-bond acceptors (Lipinski definition) is 3. The molecule has 0 aromatic heterocycles. The second-order valence-corrected chi connectivity index (χ2v) is 5.15. The summed E-state index contributed by atoms with van der Waals surface area (Å²) in [7, 11) is 3.40. The summed E-state index contributed by atoms with van der Waals surface area (Å²) in [5.74, 6) is 0.838. The first-order chi connectivity index (χ1) is 8.59. The van der Waals surface area contributed by atoms with Crippen LogP contribution >= 0.6 is 0 Å². The van der Waals surface area contributed by atoms with Crippen molar-refractivity contribution in [3.05, 3.63) is 29.3 Å². The summed E-state index contributed by atoms with van der Waals surface area (Å²) in [5, 5.41) is 10.8. The number of aliphatic hydroxyl groups is 1. The quantitative estimate of drug-likeness (QED) is 0.896. The zero-order valence-corrected chi connectivity index (χ0v) is 11.4. The highest BCUT2D eigenvalue weighted by Crippen LogP contribution is 2.39. The minimum Gasteiger partial charge on any atom is -0.497 e. The fourth-order valence-corrected chi connectivity index (χ4v) is 2.86. The van der Waals surface area contributed by atoms with Crippen molar-refractivity contribution in [2.24, 2.45) is 0 Å². The predicted molar refractivity (Wildman–Crippen MR) is 70.9 cm³/mol. The zero-order valence-electron chi connectivity index (χ0n) is 11.4. The Hall–Kier alpha value is -1.06. The van der Waals surface area contributed by atoms with Crippen molar-refractivity contribution < 1.29 is 14.6 Å². The van der Waals surface area contributed by atoms with Crippen molar-refractivity contribution >= 4 is 0 Å². The number of aryl methyl sites for hydroxylation is 1. The molecule has 1 aliphatic rings. The van der Waals surface area contributed by atoms with E-state index >= 15 is 0 Å². The lowest BCUT2D eigenvalue weighted by Crippen LogP contribution is -2.34. The van der Waals surface area contributed by atoms with E-state index in [4.69, 9.17) is 9.47 Å². The molecule has 1 aromatic carbocycles. The van der Waals surface area contributed by atoms with Crippen LogP contribution < -0.4 is 4.74 Å². The van der Waals surface area contributed by atoms with Crippen molar-refractivity contribution in [1.82, 2.24) is 0 Å². The maximum Gasteiger partial charge on any atom is 0.119 e. The first-order valence-corrected chi connectivity index (χ1v) is 6.49. The van der Waals surface area contributed by atoms with Crippen LogP contribution in [0.5, 0.6) is 5.75 Å². The minimum absolute atomic E-state index is 0.295. The first kappa shape index (κ1) is 13.4. The fourth-order valence-electron chi connectivity index (χ4n) is 2.86. The van der Waals surface area contributed by atoms with E-state index in [9.17, 15) is 5.11 Å². The fraction of sp³-hybridized carbons (Fsp3) is 0.600. The van der Waals surface area contributed by atoms with Gasteiger partial charge in [0.2, 0.25) is 0 Å². The summed E-state index contributed by atoms with van der Waals surface area (Å²) >= 11 is 0. The van der Waals surface area contributed by atoms with Gasteiger partial charge in [0.05, 0.1) is 18.8 Å². The highest BCUT2D eigenvalue weighted by Gasteiger charge is 2.35. The summed E-state index contributed by atoms with van der Waals surface area (Å²) in [6, 6.07) is 5.89.